The summed E-state index contributed by atoms with van der Waals surface area (Å²) in [5.41, 5.74) is 2.33. The van der Waals surface area contributed by atoms with Gasteiger partial charge in [0.05, 0.1) is 13.7 Å². The van der Waals surface area contributed by atoms with Crippen LogP contribution in [-0.4, -0.2) is 62.4 Å². The van der Waals surface area contributed by atoms with E-state index < -0.39 is 28.1 Å². The fourth-order valence-electron chi connectivity index (χ4n) is 4.85. The number of nitrogens with zero attached hydrogens (tertiary/aromatic N) is 2. The summed E-state index contributed by atoms with van der Waals surface area (Å²) in [7, 11) is -1.68. The summed E-state index contributed by atoms with van der Waals surface area (Å²) in [6, 6.07) is 17.0. The monoisotopic (exact) mass is 656 g/mol. The molecule has 9 nitrogen and oxygen atoms in total. The molecule has 0 aliphatic rings. The van der Waals surface area contributed by atoms with Crippen LogP contribution >= 0.6 is 11.3 Å². The molecular formula is C34H44N2O7S2. The Morgan fingerprint density at radius 3 is 2.16 bits per heavy atom. The molecule has 0 unspecified atom stereocenters. The fraction of sp³-hybridized carbons (Fsp3) is 0.441. The van der Waals surface area contributed by atoms with E-state index in [1.165, 1.54) is 19.1 Å². The first-order valence-corrected chi connectivity index (χ1v) is 17.4. The third kappa shape index (κ3) is 8.94. The van der Waals surface area contributed by atoms with Crippen molar-refractivity contribution in [2.45, 2.75) is 70.7 Å². The average Bonchev–Trinajstić information content (AvgIpc) is 3.44. The minimum absolute atomic E-state index is 0.0623. The summed E-state index contributed by atoms with van der Waals surface area (Å²) >= 11 is 1.15. The number of carbonyl (C=O) groups is 3. The number of esters is 1. The molecule has 0 fully saturated rings. The number of amides is 2. The molecule has 1 heterocycles. The van der Waals surface area contributed by atoms with Crippen LogP contribution in [0, 0.1) is 11.8 Å². The number of rotatable bonds is 14. The first-order chi connectivity index (χ1) is 21.3. The molecule has 1 aromatic heterocycles. The summed E-state index contributed by atoms with van der Waals surface area (Å²) < 4.78 is 38.4. The second-order valence-electron chi connectivity index (χ2n) is 11.7. The molecule has 2 aromatic carbocycles. The van der Waals surface area contributed by atoms with E-state index in [0.29, 0.717) is 39.8 Å². The van der Waals surface area contributed by atoms with Gasteiger partial charge in [0.2, 0.25) is 0 Å². The lowest BCUT2D eigenvalue weighted by Gasteiger charge is -2.32. The van der Waals surface area contributed by atoms with Crippen molar-refractivity contribution >= 4 is 39.3 Å². The molecule has 244 valence electrons. The Bertz CT molecular complexity index is 1550. The fourth-order valence-corrected chi connectivity index (χ4v) is 7.99. The molecule has 0 aliphatic carbocycles. The molecule has 0 saturated heterocycles. The van der Waals surface area contributed by atoms with Gasteiger partial charge in [-0.1, -0.05) is 83.5 Å². The molecule has 0 spiro atoms. The molecule has 0 aliphatic heterocycles. The average molecular weight is 657 g/mol. The summed E-state index contributed by atoms with van der Waals surface area (Å²) in [6.07, 6.45) is 1.21. The maximum absolute atomic E-state index is 13.7. The molecule has 2 amide bonds. The second-order valence-corrected chi connectivity index (χ2v) is 15.0. The predicted molar refractivity (Wildman–Crippen MR) is 176 cm³/mol. The number of benzene rings is 2. The van der Waals surface area contributed by atoms with Crippen LogP contribution in [-0.2, 0) is 37.3 Å². The lowest BCUT2D eigenvalue weighted by atomic mass is 9.99. The Labute approximate surface area is 271 Å². The minimum atomic E-state index is -4.20. The highest BCUT2D eigenvalue weighted by atomic mass is 32.2. The van der Waals surface area contributed by atoms with Crippen LogP contribution in [0.25, 0.3) is 11.1 Å². The summed E-state index contributed by atoms with van der Waals surface area (Å²) in [6.45, 7) is 10.1. The number of carbonyl (C=O) groups excluding carboxylic acids is 3. The van der Waals surface area contributed by atoms with Gasteiger partial charge < -0.3 is 14.4 Å². The first kappa shape index (κ1) is 35.8. The first-order valence-electron chi connectivity index (χ1n) is 15.1. The van der Waals surface area contributed by atoms with Gasteiger partial charge in [-0.2, -0.15) is 8.42 Å². The van der Waals surface area contributed by atoms with Gasteiger partial charge in [-0.3, -0.25) is 4.79 Å². The van der Waals surface area contributed by atoms with Crippen molar-refractivity contribution in [1.29, 1.82) is 0 Å². The highest BCUT2D eigenvalue weighted by molar-refractivity contribution is 7.91. The number of hydrogen-bond donors (Lipinski definition) is 0. The lowest BCUT2D eigenvalue weighted by molar-refractivity contribution is -0.147. The van der Waals surface area contributed by atoms with Crippen LogP contribution in [0.4, 0.5) is 4.79 Å². The molecular weight excluding hydrogens is 613 g/mol. The highest BCUT2D eigenvalue weighted by Crippen LogP contribution is 2.38. The van der Waals surface area contributed by atoms with Gasteiger partial charge in [0.25, 0.3) is 15.9 Å². The van der Waals surface area contributed by atoms with Crippen LogP contribution in [0.15, 0.2) is 64.9 Å². The van der Waals surface area contributed by atoms with Gasteiger partial charge in [-0.25, -0.2) is 13.9 Å². The molecule has 45 heavy (non-hydrogen) atoms. The van der Waals surface area contributed by atoms with Gasteiger partial charge in [0.1, 0.15) is 10.3 Å². The van der Waals surface area contributed by atoms with Crippen molar-refractivity contribution in [2.24, 2.45) is 11.8 Å². The Morgan fingerprint density at radius 2 is 1.60 bits per heavy atom. The predicted octanol–water partition coefficient (Wildman–Crippen LogP) is 7.01. The van der Waals surface area contributed by atoms with Crippen molar-refractivity contribution in [3.8, 4) is 11.1 Å². The normalized spacial score (nSPS) is 12.2. The largest absolute Gasteiger partial charge is 0.467 e. The zero-order valence-electron chi connectivity index (χ0n) is 27.1. The van der Waals surface area contributed by atoms with Gasteiger partial charge in [0, 0.05) is 29.6 Å². The van der Waals surface area contributed by atoms with Crippen LogP contribution in [0.5, 0.6) is 0 Å². The van der Waals surface area contributed by atoms with Crippen LogP contribution < -0.4 is 0 Å². The second kappa shape index (κ2) is 16.0. The van der Waals surface area contributed by atoms with Gasteiger partial charge in [0.15, 0.2) is 0 Å². The third-order valence-electron chi connectivity index (χ3n) is 7.24. The van der Waals surface area contributed by atoms with Crippen LogP contribution in [0.2, 0.25) is 0 Å². The summed E-state index contributed by atoms with van der Waals surface area (Å²) in [5.74, 6) is -0.729. The number of hydrogen-bond acceptors (Lipinski definition) is 8. The topological polar surface area (TPSA) is 110 Å². The standard InChI is InChI=1S/C34H44N2O7S2/c1-8-9-19-43-34(39)35(6)45(40,41)33-29(21-28(44-33)20-23(2)3)26-17-15-25(16-18-26)22-36(30(24(4)5)32(38)42-7)31(37)27-13-11-10-12-14-27/h10-18,21,23-24,30H,8-9,19-20,22H2,1-7H3/t30-/m0/s1. The Morgan fingerprint density at radius 1 is 0.956 bits per heavy atom. The van der Waals surface area contributed by atoms with Gasteiger partial charge >= 0.3 is 12.1 Å². The third-order valence-corrected chi connectivity index (χ3v) is 10.6. The molecule has 1 atom stereocenters. The zero-order chi connectivity index (χ0) is 33.3. The molecule has 0 saturated carbocycles. The van der Waals surface area contributed by atoms with E-state index in [4.69, 9.17) is 9.47 Å². The maximum atomic E-state index is 13.7. The Balaban J connectivity index is 2.00. The highest BCUT2D eigenvalue weighted by Gasteiger charge is 2.35. The molecule has 3 rings (SSSR count). The molecule has 0 N–H and O–H groups in total. The van der Waals surface area contributed by atoms with Crippen molar-refractivity contribution < 1.29 is 32.3 Å². The number of ether oxygens (including phenoxy) is 2. The summed E-state index contributed by atoms with van der Waals surface area (Å²) in [5, 5.41) is 0. The number of sulfonamides is 1. The van der Waals surface area contributed by atoms with E-state index in [0.717, 1.165) is 28.2 Å². The van der Waals surface area contributed by atoms with Crippen molar-refractivity contribution in [3.05, 3.63) is 76.7 Å². The maximum Gasteiger partial charge on any atom is 0.423 e. The van der Waals surface area contributed by atoms with E-state index >= 15 is 0 Å². The smallest absolute Gasteiger partial charge is 0.423 e. The molecule has 11 heteroatoms. The molecule has 0 bridgehead atoms. The van der Waals surface area contributed by atoms with Gasteiger partial charge in [-0.05, 0) is 54.0 Å². The van der Waals surface area contributed by atoms with Gasteiger partial charge in [-0.15, -0.1) is 11.3 Å². The van der Waals surface area contributed by atoms with Crippen LogP contribution in [0.3, 0.4) is 0 Å². The quantitative estimate of drug-likeness (QED) is 0.136. The van der Waals surface area contributed by atoms with E-state index in [-0.39, 0.29) is 29.2 Å². The van der Waals surface area contributed by atoms with Crippen molar-refractivity contribution in [3.63, 3.8) is 0 Å². The van der Waals surface area contributed by atoms with E-state index in [1.54, 1.807) is 36.4 Å². The number of thiophene rings is 1. The minimum Gasteiger partial charge on any atom is -0.467 e. The van der Waals surface area contributed by atoms with Crippen LogP contribution in [0.1, 0.15) is 68.3 Å². The summed E-state index contributed by atoms with van der Waals surface area (Å²) in [4.78, 5) is 41.5. The van der Waals surface area contributed by atoms with E-state index in [9.17, 15) is 22.8 Å². The van der Waals surface area contributed by atoms with E-state index in [1.807, 2.05) is 45.0 Å². The zero-order valence-corrected chi connectivity index (χ0v) is 28.7. The number of unbranched alkanes of at least 4 members (excludes halogenated alkanes) is 1. The SMILES string of the molecule is CCCCOC(=O)N(C)S(=O)(=O)c1sc(CC(C)C)cc1-c1ccc(CN(C(=O)c2ccccc2)[C@H](C(=O)OC)C(C)C)cc1. The number of methoxy groups -OCH3 is 1. The molecule has 0 radical (unpaired) electrons. The molecule has 3 aromatic rings. The van der Waals surface area contributed by atoms with Crippen molar-refractivity contribution in [2.75, 3.05) is 20.8 Å². The lowest BCUT2D eigenvalue weighted by Crippen LogP contribution is -2.48. The Kier molecular flexibility index (Phi) is 12.7. The Hall–Kier alpha value is -3.70. The van der Waals surface area contributed by atoms with Crippen molar-refractivity contribution in [1.82, 2.24) is 9.21 Å². The van der Waals surface area contributed by atoms with E-state index in [2.05, 4.69) is 13.8 Å².